The summed E-state index contributed by atoms with van der Waals surface area (Å²) in [6.07, 6.45) is 4.13. The minimum atomic E-state index is -0.420. The summed E-state index contributed by atoms with van der Waals surface area (Å²) in [7, 11) is 0. The molecule has 2 heterocycles. The normalized spacial score (nSPS) is 21.3. The Balaban J connectivity index is 1.43. The van der Waals surface area contributed by atoms with Gasteiger partial charge in [0, 0.05) is 18.2 Å². The number of para-hydroxylation sites is 1. The van der Waals surface area contributed by atoms with Gasteiger partial charge in [0.25, 0.3) is 5.89 Å². The Morgan fingerprint density at radius 1 is 1.21 bits per heavy atom. The summed E-state index contributed by atoms with van der Waals surface area (Å²) in [6.45, 7) is 4.56. The standard InChI is InChI=1S/C22H27N3O4/c1-14(2)20-23-19(29-24-20)13-28-22(27)17-9-5-4-8-16(17)21(26)25-12-11-15-7-3-6-10-18(15)25/h3,6-7,10,14,16-17H,4-5,8-9,11-13H2,1-2H3/t16-,17+/m0/s1. The molecule has 2 aromatic rings. The molecule has 1 saturated carbocycles. The number of amides is 1. The molecule has 1 aromatic carbocycles. The van der Waals surface area contributed by atoms with Crippen LogP contribution in [0.3, 0.4) is 0 Å². The SMILES string of the molecule is CC(C)c1noc(COC(=O)[C@@H]2CCCC[C@@H]2C(=O)N2CCc3ccccc32)n1. The summed E-state index contributed by atoms with van der Waals surface area (Å²) in [5.74, 6) is -0.0420. The molecule has 2 atom stereocenters. The highest BCUT2D eigenvalue weighted by atomic mass is 16.6. The second-order valence-electron chi connectivity index (χ2n) is 8.17. The lowest BCUT2D eigenvalue weighted by atomic mass is 9.78. The average molecular weight is 397 g/mol. The fourth-order valence-corrected chi connectivity index (χ4v) is 4.28. The van der Waals surface area contributed by atoms with Crippen LogP contribution in [0, 0.1) is 11.8 Å². The first kappa shape index (κ1) is 19.6. The Labute approximate surface area is 170 Å². The lowest BCUT2D eigenvalue weighted by molar-refractivity contribution is -0.156. The first-order valence-corrected chi connectivity index (χ1v) is 10.4. The maximum Gasteiger partial charge on any atom is 0.310 e. The summed E-state index contributed by atoms with van der Waals surface area (Å²) in [5, 5.41) is 3.88. The van der Waals surface area contributed by atoms with Crippen molar-refractivity contribution < 1.29 is 18.8 Å². The second kappa shape index (κ2) is 8.35. The molecular formula is C22H27N3O4. The number of rotatable bonds is 5. The number of benzene rings is 1. The highest BCUT2D eigenvalue weighted by Crippen LogP contribution is 2.36. The van der Waals surface area contributed by atoms with Crippen molar-refractivity contribution in [3.05, 3.63) is 41.5 Å². The summed E-state index contributed by atoms with van der Waals surface area (Å²) in [6, 6.07) is 7.99. The molecule has 0 unspecified atom stereocenters. The van der Waals surface area contributed by atoms with Gasteiger partial charge in [-0.25, -0.2) is 0 Å². The van der Waals surface area contributed by atoms with E-state index in [1.807, 2.05) is 36.9 Å². The lowest BCUT2D eigenvalue weighted by Gasteiger charge is -2.32. The molecule has 0 bridgehead atoms. The quantitative estimate of drug-likeness (QED) is 0.716. The fourth-order valence-electron chi connectivity index (χ4n) is 4.28. The molecular weight excluding hydrogens is 370 g/mol. The zero-order valence-corrected chi connectivity index (χ0v) is 17.0. The summed E-state index contributed by atoms with van der Waals surface area (Å²) < 4.78 is 10.6. The van der Waals surface area contributed by atoms with Crippen LogP contribution in [0.2, 0.25) is 0 Å². The van der Waals surface area contributed by atoms with Crippen LogP contribution in [-0.4, -0.2) is 28.6 Å². The molecule has 154 valence electrons. The molecule has 1 aliphatic heterocycles. The van der Waals surface area contributed by atoms with Crippen molar-refractivity contribution >= 4 is 17.6 Å². The summed E-state index contributed by atoms with van der Waals surface area (Å²) in [5.41, 5.74) is 2.16. The van der Waals surface area contributed by atoms with Gasteiger partial charge >= 0.3 is 5.97 Å². The number of nitrogens with zero attached hydrogens (tertiary/aromatic N) is 3. The van der Waals surface area contributed by atoms with Crippen LogP contribution in [0.5, 0.6) is 0 Å². The van der Waals surface area contributed by atoms with Crippen LogP contribution in [-0.2, 0) is 27.4 Å². The second-order valence-corrected chi connectivity index (χ2v) is 8.17. The monoisotopic (exact) mass is 397 g/mol. The van der Waals surface area contributed by atoms with Gasteiger partial charge in [-0.05, 0) is 30.9 Å². The first-order valence-electron chi connectivity index (χ1n) is 10.4. The number of esters is 1. The minimum absolute atomic E-state index is 0.0384. The van der Waals surface area contributed by atoms with Crippen LogP contribution < -0.4 is 4.90 Å². The molecule has 29 heavy (non-hydrogen) atoms. The van der Waals surface area contributed by atoms with Gasteiger partial charge in [0.05, 0.1) is 11.8 Å². The molecule has 1 fully saturated rings. The number of aromatic nitrogens is 2. The van der Waals surface area contributed by atoms with Crippen molar-refractivity contribution in [1.29, 1.82) is 0 Å². The molecule has 1 aromatic heterocycles. The number of ether oxygens (including phenoxy) is 1. The van der Waals surface area contributed by atoms with Gasteiger partial charge in [0.15, 0.2) is 12.4 Å². The van der Waals surface area contributed by atoms with E-state index in [4.69, 9.17) is 9.26 Å². The number of fused-ring (bicyclic) bond motifs is 1. The van der Waals surface area contributed by atoms with Gasteiger partial charge in [-0.2, -0.15) is 4.98 Å². The topological polar surface area (TPSA) is 85.5 Å². The Morgan fingerprint density at radius 2 is 1.97 bits per heavy atom. The molecule has 0 spiro atoms. The molecule has 7 heteroatoms. The van der Waals surface area contributed by atoms with Crippen molar-refractivity contribution in [3.8, 4) is 0 Å². The van der Waals surface area contributed by atoms with E-state index in [1.165, 1.54) is 5.56 Å². The minimum Gasteiger partial charge on any atom is -0.455 e. The summed E-state index contributed by atoms with van der Waals surface area (Å²) >= 11 is 0. The number of hydrogen-bond donors (Lipinski definition) is 0. The van der Waals surface area contributed by atoms with E-state index in [9.17, 15) is 9.59 Å². The largest absolute Gasteiger partial charge is 0.455 e. The molecule has 0 N–H and O–H groups in total. The Bertz CT molecular complexity index is 892. The van der Waals surface area contributed by atoms with E-state index in [0.29, 0.717) is 18.8 Å². The zero-order valence-electron chi connectivity index (χ0n) is 17.0. The third kappa shape index (κ3) is 4.04. The van der Waals surface area contributed by atoms with Crippen molar-refractivity contribution in [2.24, 2.45) is 11.8 Å². The fraction of sp³-hybridized carbons (Fsp3) is 0.545. The highest BCUT2D eigenvalue weighted by Gasteiger charge is 2.40. The molecule has 7 nitrogen and oxygen atoms in total. The number of carbonyl (C=O) groups excluding carboxylic acids is 2. The van der Waals surface area contributed by atoms with Crippen molar-refractivity contribution in [3.63, 3.8) is 0 Å². The van der Waals surface area contributed by atoms with E-state index in [1.54, 1.807) is 0 Å². The van der Waals surface area contributed by atoms with Crippen LogP contribution in [0.1, 0.15) is 62.7 Å². The zero-order chi connectivity index (χ0) is 20.4. The molecule has 0 saturated heterocycles. The van der Waals surface area contributed by atoms with E-state index in [-0.39, 0.29) is 36.2 Å². The lowest BCUT2D eigenvalue weighted by Crippen LogP contribution is -2.42. The Kier molecular flexibility index (Phi) is 5.65. The van der Waals surface area contributed by atoms with Crippen molar-refractivity contribution in [2.45, 2.75) is 58.5 Å². The van der Waals surface area contributed by atoms with Gasteiger partial charge in [-0.3, -0.25) is 9.59 Å². The van der Waals surface area contributed by atoms with Crippen LogP contribution in [0.15, 0.2) is 28.8 Å². The Hall–Kier alpha value is -2.70. The van der Waals surface area contributed by atoms with Crippen molar-refractivity contribution in [1.82, 2.24) is 10.1 Å². The van der Waals surface area contributed by atoms with E-state index in [0.717, 1.165) is 31.4 Å². The third-order valence-corrected chi connectivity index (χ3v) is 5.88. The predicted molar refractivity (Wildman–Crippen MR) is 106 cm³/mol. The van der Waals surface area contributed by atoms with E-state index >= 15 is 0 Å². The van der Waals surface area contributed by atoms with Gasteiger partial charge in [0.2, 0.25) is 5.91 Å². The Morgan fingerprint density at radius 3 is 2.72 bits per heavy atom. The molecule has 0 radical (unpaired) electrons. The number of anilines is 1. The van der Waals surface area contributed by atoms with E-state index in [2.05, 4.69) is 16.2 Å². The molecule has 1 amide bonds. The summed E-state index contributed by atoms with van der Waals surface area (Å²) in [4.78, 5) is 32.2. The molecule has 1 aliphatic carbocycles. The average Bonchev–Trinajstić information content (AvgIpc) is 3.39. The van der Waals surface area contributed by atoms with Crippen LogP contribution >= 0.6 is 0 Å². The van der Waals surface area contributed by atoms with Gasteiger partial charge in [-0.15, -0.1) is 0 Å². The van der Waals surface area contributed by atoms with Gasteiger partial charge < -0.3 is 14.2 Å². The van der Waals surface area contributed by atoms with Crippen LogP contribution in [0.4, 0.5) is 5.69 Å². The van der Waals surface area contributed by atoms with Gasteiger partial charge in [0.1, 0.15) is 0 Å². The predicted octanol–water partition coefficient (Wildman–Crippen LogP) is 3.63. The number of hydrogen-bond acceptors (Lipinski definition) is 6. The van der Waals surface area contributed by atoms with Gasteiger partial charge in [-0.1, -0.05) is 50.0 Å². The highest BCUT2D eigenvalue weighted by molar-refractivity contribution is 5.99. The van der Waals surface area contributed by atoms with Crippen molar-refractivity contribution in [2.75, 3.05) is 11.4 Å². The smallest absolute Gasteiger partial charge is 0.310 e. The third-order valence-electron chi connectivity index (χ3n) is 5.88. The molecule has 4 rings (SSSR count). The molecule has 2 aliphatic rings. The van der Waals surface area contributed by atoms with Crippen LogP contribution in [0.25, 0.3) is 0 Å². The maximum absolute atomic E-state index is 13.3. The van der Waals surface area contributed by atoms with E-state index < -0.39 is 5.92 Å². The number of carbonyl (C=O) groups is 2. The maximum atomic E-state index is 13.3. The first-order chi connectivity index (χ1) is 14.0.